The third-order valence-corrected chi connectivity index (χ3v) is 3.95. The van der Waals surface area contributed by atoms with Gasteiger partial charge in [-0.25, -0.2) is 0 Å². The first-order valence-corrected chi connectivity index (χ1v) is 6.71. The molecule has 2 atom stereocenters. The number of rotatable bonds is 3. The summed E-state index contributed by atoms with van der Waals surface area (Å²) in [6.45, 7) is 2.94. The first-order valence-electron chi connectivity index (χ1n) is 6.18. The predicted octanol–water partition coefficient (Wildman–Crippen LogP) is 2.78. The van der Waals surface area contributed by atoms with Gasteiger partial charge in [0.05, 0.1) is 7.11 Å². The zero-order chi connectivity index (χ0) is 13.1. The lowest BCUT2D eigenvalue weighted by molar-refractivity contribution is 0.0737. The maximum absolute atomic E-state index is 12.4. The summed E-state index contributed by atoms with van der Waals surface area (Å²) in [5, 5.41) is 0. The Morgan fingerprint density at radius 1 is 1.44 bits per heavy atom. The fourth-order valence-corrected chi connectivity index (χ4v) is 2.87. The number of alkyl halides is 1. The normalized spacial score (nSPS) is 23.2. The zero-order valence-electron chi connectivity index (χ0n) is 10.7. The van der Waals surface area contributed by atoms with Crippen LogP contribution in [0.3, 0.4) is 0 Å². The van der Waals surface area contributed by atoms with E-state index in [2.05, 4.69) is 6.92 Å². The second kappa shape index (κ2) is 5.61. The molecule has 98 valence electrons. The number of carbonyl (C=O) groups is 1. The molecule has 3 nitrogen and oxygen atoms in total. The van der Waals surface area contributed by atoms with Gasteiger partial charge in [0.25, 0.3) is 5.91 Å². The number of amides is 1. The molecule has 0 aliphatic carbocycles. The summed E-state index contributed by atoms with van der Waals surface area (Å²) >= 11 is 5.96. The van der Waals surface area contributed by atoms with Gasteiger partial charge in [-0.05, 0) is 36.6 Å². The van der Waals surface area contributed by atoms with Gasteiger partial charge in [-0.1, -0.05) is 6.92 Å². The number of likely N-dealkylation sites (tertiary alicyclic amines) is 1. The van der Waals surface area contributed by atoms with Gasteiger partial charge in [0.1, 0.15) is 5.75 Å². The van der Waals surface area contributed by atoms with Gasteiger partial charge in [-0.15, -0.1) is 11.6 Å². The second-order valence-corrected chi connectivity index (χ2v) is 5.02. The molecule has 1 aliphatic heterocycles. The van der Waals surface area contributed by atoms with E-state index >= 15 is 0 Å². The minimum absolute atomic E-state index is 0.0626. The van der Waals surface area contributed by atoms with Crippen molar-refractivity contribution in [3.63, 3.8) is 0 Å². The highest BCUT2D eigenvalue weighted by Gasteiger charge is 2.33. The summed E-state index contributed by atoms with van der Waals surface area (Å²) in [5.74, 6) is 1.80. The van der Waals surface area contributed by atoms with Gasteiger partial charge >= 0.3 is 0 Å². The van der Waals surface area contributed by atoms with E-state index in [9.17, 15) is 4.79 Å². The smallest absolute Gasteiger partial charge is 0.254 e. The maximum Gasteiger partial charge on any atom is 0.254 e. The molecule has 0 bridgehead atoms. The number of benzene rings is 1. The molecule has 0 spiro atoms. The van der Waals surface area contributed by atoms with E-state index in [1.54, 1.807) is 19.2 Å². The van der Waals surface area contributed by atoms with E-state index < -0.39 is 0 Å². The quantitative estimate of drug-likeness (QED) is 0.788. The molecular weight excluding hydrogens is 250 g/mol. The van der Waals surface area contributed by atoms with Crippen LogP contribution in [0, 0.1) is 5.92 Å². The van der Waals surface area contributed by atoms with Gasteiger partial charge in [0.2, 0.25) is 0 Å². The highest BCUT2D eigenvalue weighted by atomic mass is 35.5. The van der Waals surface area contributed by atoms with Crippen molar-refractivity contribution in [1.82, 2.24) is 4.90 Å². The van der Waals surface area contributed by atoms with Gasteiger partial charge < -0.3 is 9.64 Å². The third kappa shape index (κ3) is 2.46. The Morgan fingerprint density at radius 3 is 2.67 bits per heavy atom. The predicted molar refractivity (Wildman–Crippen MR) is 72.3 cm³/mol. The van der Waals surface area contributed by atoms with Crippen LogP contribution in [-0.2, 0) is 0 Å². The Hall–Kier alpha value is -1.22. The van der Waals surface area contributed by atoms with Crippen LogP contribution in [0.2, 0.25) is 0 Å². The minimum Gasteiger partial charge on any atom is -0.497 e. The molecule has 0 N–H and O–H groups in total. The van der Waals surface area contributed by atoms with Crippen LogP contribution < -0.4 is 4.74 Å². The summed E-state index contributed by atoms with van der Waals surface area (Å²) in [6.07, 6.45) is 1.03. The summed E-state index contributed by atoms with van der Waals surface area (Å²) in [5.41, 5.74) is 0.694. The molecule has 2 rings (SSSR count). The first kappa shape index (κ1) is 13.2. The lowest BCUT2D eigenvalue weighted by atomic mass is 10.0. The van der Waals surface area contributed by atoms with E-state index in [-0.39, 0.29) is 11.9 Å². The molecular formula is C14H18ClNO2. The van der Waals surface area contributed by atoms with Crippen molar-refractivity contribution < 1.29 is 9.53 Å². The molecule has 1 aromatic carbocycles. The molecule has 4 heteroatoms. The largest absolute Gasteiger partial charge is 0.497 e. The lowest BCUT2D eigenvalue weighted by Crippen LogP contribution is -2.38. The van der Waals surface area contributed by atoms with E-state index in [0.29, 0.717) is 17.4 Å². The fourth-order valence-electron chi connectivity index (χ4n) is 2.40. The van der Waals surface area contributed by atoms with Gasteiger partial charge in [-0.2, -0.15) is 0 Å². The van der Waals surface area contributed by atoms with Crippen molar-refractivity contribution in [3.05, 3.63) is 29.8 Å². The monoisotopic (exact) mass is 267 g/mol. The fraction of sp³-hybridized carbons (Fsp3) is 0.500. The van der Waals surface area contributed by atoms with Crippen molar-refractivity contribution in [2.75, 3.05) is 19.5 Å². The van der Waals surface area contributed by atoms with Crippen LogP contribution in [0.5, 0.6) is 5.75 Å². The molecule has 0 radical (unpaired) electrons. The highest BCUT2D eigenvalue weighted by molar-refractivity contribution is 6.18. The van der Waals surface area contributed by atoms with Crippen molar-refractivity contribution in [2.24, 2.45) is 5.92 Å². The summed E-state index contributed by atoms with van der Waals surface area (Å²) in [7, 11) is 1.61. The number of nitrogens with zero attached hydrogens (tertiary/aromatic N) is 1. The average Bonchev–Trinajstić information content (AvgIpc) is 2.79. The molecule has 2 unspecified atom stereocenters. The summed E-state index contributed by atoms with van der Waals surface area (Å²) in [6, 6.07) is 7.37. The number of methoxy groups -OCH3 is 1. The van der Waals surface area contributed by atoms with Crippen LogP contribution in [0.1, 0.15) is 23.7 Å². The number of carbonyl (C=O) groups excluding carboxylic acids is 1. The molecule has 0 saturated carbocycles. The van der Waals surface area contributed by atoms with Crippen molar-refractivity contribution in [3.8, 4) is 5.75 Å². The molecule has 1 aliphatic rings. The summed E-state index contributed by atoms with van der Waals surface area (Å²) in [4.78, 5) is 14.3. The van der Waals surface area contributed by atoms with Crippen LogP contribution in [0.25, 0.3) is 0 Å². The molecule has 1 saturated heterocycles. The van der Waals surface area contributed by atoms with Gasteiger partial charge in [-0.3, -0.25) is 4.79 Å². The second-order valence-electron chi connectivity index (χ2n) is 4.71. The average molecular weight is 268 g/mol. The number of ether oxygens (including phenoxy) is 1. The Balaban J connectivity index is 2.15. The molecule has 1 amide bonds. The van der Waals surface area contributed by atoms with Gasteiger partial charge in [0.15, 0.2) is 0 Å². The van der Waals surface area contributed by atoms with Crippen LogP contribution in [0.15, 0.2) is 24.3 Å². The standard InChI is InChI=1S/C14H18ClNO2/c1-10-7-8-16(13(10)9-15)14(17)11-3-5-12(18-2)6-4-11/h3-6,10,13H,7-9H2,1-2H3. The number of hydrogen-bond acceptors (Lipinski definition) is 2. The maximum atomic E-state index is 12.4. The van der Waals surface area contributed by atoms with Crippen molar-refractivity contribution in [2.45, 2.75) is 19.4 Å². The third-order valence-electron chi connectivity index (χ3n) is 3.64. The number of halogens is 1. The topological polar surface area (TPSA) is 29.5 Å². The Morgan fingerprint density at radius 2 is 2.11 bits per heavy atom. The SMILES string of the molecule is COc1ccc(C(=O)N2CCC(C)C2CCl)cc1. The lowest BCUT2D eigenvalue weighted by Gasteiger charge is -2.25. The minimum atomic E-state index is 0.0626. The van der Waals surface area contributed by atoms with E-state index in [0.717, 1.165) is 18.7 Å². The Bertz CT molecular complexity index is 418. The van der Waals surface area contributed by atoms with Crippen LogP contribution in [0.4, 0.5) is 0 Å². The van der Waals surface area contributed by atoms with Crippen molar-refractivity contribution in [1.29, 1.82) is 0 Å². The Kier molecular flexibility index (Phi) is 4.12. The van der Waals surface area contributed by atoms with E-state index in [1.807, 2.05) is 17.0 Å². The Labute approximate surface area is 113 Å². The van der Waals surface area contributed by atoms with Crippen LogP contribution in [-0.4, -0.2) is 36.4 Å². The van der Waals surface area contributed by atoms with E-state index in [4.69, 9.17) is 16.3 Å². The highest BCUT2D eigenvalue weighted by Crippen LogP contribution is 2.26. The molecule has 0 aromatic heterocycles. The van der Waals surface area contributed by atoms with Crippen LogP contribution >= 0.6 is 11.6 Å². The molecule has 1 heterocycles. The van der Waals surface area contributed by atoms with Gasteiger partial charge in [0, 0.05) is 24.0 Å². The van der Waals surface area contributed by atoms with E-state index in [1.165, 1.54) is 0 Å². The molecule has 1 fully saturated rings. The zero-order valence-corrected chi connectivity index (χ0v) is 11.5. The number of hydrogen-bond donors (Lipinski definition) is 0. The molecule has 1 aromatic rings. The van der Waals surface area contributed by atoms with Crippen molar-refractivity contribution >= 4 is 17.5 Å². The summed E-state index contributed by atoms with van der Waals surface area (Å²) < 4.78 is 5.09. The first-order chi connectivity index (χ1) is 8.67. The molecule has 18 heavy (non-hydrogen) atoms.